The first-order chi connectivity index (χ1) is 7.30. The van der Waals surface area contributed by atoms with Gasteiger partial charge in [0.15, 0.2) is 0 Å². The van der Waals surface area contributed by atoms with E-state index in [4.69, 9.17) is 11.6 Å². The molecule has 1 aromatic rings. The first kappa shape index (κ1) is 12.7. The third-order valence-corrected chi connectivity index (χ3v) is 1.85. The number of hydrogen-bond donors (Lipinski definition) is 0. The number of carbonyl (C=O) groups excluding carboxylic acids is 1. The maximum absolute atomic E-state index is 13.1. The van der Waals surface area contributed by atoms with E-state index in [1.165, 1.54) is 0 Å². The highest BCUT2D eigenvalue weighted by atomic mass is 35.5. The highest BCUT2D eigenvalue weighted by molar-refractivity contribution is 6.66. The highest BCUT2D eigenvalue weighted by Crippen LogP contribution is 2.30. The second-order valence-electron chi connectivity index (χ2n) is 2.87. The molecule has 0 saturated heterocycles. The first-order valence-electron chi connectivity index (χ1n) is 4.05. The highest BCUT2D eigenvalue weighted by Gasteiger charge is 2.30. The van der Waals surface area contributed by atoms with Crippen molar-refractivity contribution in [2.75, 3.05) is 0 Å². The number of alkyl halides is 3. The van der Waals surface area contributed by atoms with Gasteiger partial charge >= 0.3 is 6.18 Å². The summed E-state index contributed by atoms with van der Waals surface area (Å²) in [4.78, 5) is 10.3. The molecule has 0 saturated carbocycles. The monoisotopic (exact) mass is 252 g/mol. The Morgan fingerprint density at radius 2 is 1.94 bits per heavy atom. The van der Waals surface area contributed by atoms with E-state index in [0.29, 0.717) is 6.07 Å². The fraction of sp³-hybridized carbons (Fsp3) is 0.100. The van der Waals surface area contributed by atoms with Gasteiger partial charge in [0, 0.05) is 5.56 Å². The SMILES string of the molecule is O=C(Cl)/C=C/c1ccc(C(F)(F)F)cc1F. The van der Waals surface area contributed by atoms with Crippen molar-refractivity contribution < 1.29 is 22.4 Å². The van der Waals surface area contributed by atoms with Gasteiger partial charge in [-0.05, 0) is 35.9 Å². The van der Waals surface area contributed by atoms with Crippen molar-refractivity contribution in [3.63, 3.8) is 0 Å². The lowest BCUT2D eigenvalue weighted by molar-refractivity contribution is -0.137. The Hall–Kier alpha value is -1.36. The zero-order valence-corrected chi connectivity index (χ0v) is 8.44. The molecule has 0 aliphatic rings. The van der Waals surface area contributed by atoms with Crippen LogP contribution >= 0.6 is 11.6 Å². The van der Waals surface area contributed by atoms with E-state index >= 15 is 0 Å². The summed E-state index contributed by atoms with van der Waals surface area (Å²) in [5, 5.41) is -0.834. The van der Waals surface area contributed by atoms with Crippen molar-refractivity contribution in [1.82, 2.24) is 0 Å². The van der Waals surface area contributed by atoms with Crippen LogP contribution in [0.25, 0.3) is 6.08 Å². The van der Waals surface area contributed by atoms with Crippen LogP contribution in [0.1, 0.15) is 11.1 Å². The Bertz CT molecular complexity index is 437. The maximum atomic E-state index is 13.1. The van der Waals surface area contributed by atoms with E-state index in [1.807, 2.05) is 0 Å². The maximum Gasteiger partial charge on any atom is 0.416 e. The van der Waals surface area contributed by atoms with Crippen molar-refractivity contribution >= 4 is 22.9 Å². The molecule has 0 N–H and O–H groups in total. The lowest BCUT2D eigenvalue weighted by atomic mass is 10.1. The summed E-state index contributed by atoms with van der Waals surface area (Å²) in [6.07, 6.45) is -2.73. The van der Waals surface area contributed by atoms with Crippen molar-refractivity contribution in [1.29, 1.82) is 0 Å². The van der Waals surface area contributed by atoms with Gasteiger partial charge in [0.05, 0.1) is 5.56 Å². The van der Waals surface area contributed by atoms with Crippen LogP contribution in [0.2, 0.25) is 0 Å². The summed E-state index contributed by atoms with van der Waals surface area (Å²) >= 11 is 4.96. The summed E-state index contributed by atoms with van der Waals surface area (Å²) in [7, 11) is 0. The van der Waals surface area contributed by atoms with Crippen LogP contribution in [0.4, 0.5) is 17.6 Å². The predicted molar refractivity (Wildman–Crippen MR) is 51.3 cm³/mol. The topological polar surface area (TPSA) is 17.1 Å². The molecule has 0 unspecified atom stereocenters. The Kier molecular flexibility index (Phi) is 3.70. The molecule has 16 heavy (non-hydrogen) atoms. The number of hydrogen-bond acceptors (Lipinski definition) is 1. The van der Waals surface area contributed by atoms with Gasteiger partial charge in [-0.15, -0.1) is 0 Å². The average Bonchev–Trinajstić information content (AvgIpc) is 2.14. The molecule has 1 aromatic carbocycles. The van der Waals surface area contributed by atoms with Crippen molar-refractivity contribution in [3.8, 4) is 0 Å². The largest absolute Gasteiger partial charge is 0.416 e. The fourth-order valence-corrected chi connectivity index (χ4v) is 1.06. The van der Waals surface area contributed by atoms with Crippen molar-refractivity contribution in [3.05, 3.63) is 41.2 Å². The lowest BCUT2D eigenvalue weighted by Crippen LogP contribution is -2.05. The fourth-order valence-electron chi connectivity index (χ4n) is 0.994. The van der Waals surface area contributed by atoms with Gasteiger partial charge in [-0.25, -0.2) is 4.39 Å². The minimum Gasteiger partial charge on any atom is -0.276 e. The second-order valence-corrected chi connectivity index (χ2v) is 3.24. The number of benzene rings is 1. The third kappa shape index (κ3) is 3.34. The van der Waals surface area contributed by atoms with Gasteiger partial charge in [0.1, 0.15) is 5.82 Å². The molecule has 0 bridgehead atoms. The van der Waals surface area contributed by atoms with Crippen LogP contribution in [0.5, 0.6) is 0 Å². The predicted octanol–water partition coefficient (Wildman–Crippen LogP) is 3.62. The Balaban J connectivity index is 3.05. The van der Waals surface area contributed by atoms with Crippen LogP contribution in [0, 0.1) is 5.82 Å². The Labute approximate surface area is 93.3 Å². The smallest absolute Gasteiger partial charge is 0.276 e. The summed E-state index contributed by atoms with van der Waals surface area (Å²) in [5.74, 6) is -1.07. The molecule has 86 valence electrons. The molecule has 0 heterocycles. The van der Waals surface area contributed by atoms with Crippen LogP contribution in [-0.4, -0.2) is 5.24 Å². The number of halogens is 5. The number of rotatable bonds is 2. The quantitative estimate of drug-likeness (QED) is 0.446. The lowest BCUT2D eigenvalue weighted by Gasteiger charge is -2.07. The van der Waals surface area contributed by atoms with Gasteiger partial charge in [-0.2, -0.15) is 13.2 Å². The van der Waals surface area contributed by atoms with Crippen LogP contribution in [0.15, 0.2) is 24.3 Å². The molecule has 0 aliphatic heterocycles. The van der Waals surface area contributed by atoms with Gasteiger partial charge in [-0.3, -0.25) is 4.79 Å². The molecule has 0 aliphatic carbocycles. The minimum atomic E-state index is -4.59. The summed E-state index contributed by atoms with van der Waals surface area (Å²) in [6.45, 7) is 0. The summed E-state index contributed by atoms with van der Waals surface area (Å²) in [5.41, 5.74) is -1.22. The van der Waals surface area contributed by atoms with Crippen LogP contribution < -0.4 is 0 Å². The van der Waals surface area contributed by atoms with Crippen molar-refractivity contribution in [2.24, 2.45) is 0 Å². The molecular weight excluding hydrogens is 248 g/mol. The average molecular weight is 253 g/mol. The standard InChI is InChI=1S/C10H5ClF4O/c11-9(16)4-2-6-1-3-7(5-8(6)12)10(13,14)15/h1-5H/b4-2+. The van der Waals surface area contributed by atoms with E-state index in [2.05, 4.69) is 0 Å². The summed E-state index contributed by atoms with van der Waals surface area (Å²) < 4.78 is 49.6. The zero-order valence-electron chi connectivity index (χ0n) is 7.68. The van der Waals surface area contributed by atoms with E-state index < -0.39 is 22.8 Å². The molecule has 0 radical (unpaired) electrons. The summed E-state index contributed by atoms with van der Waals surface area (Å²) in [6, 6.07) is 2.01. The van der Waals surface area contributed by atoms with Crippen LogP contribution in [0.3, 0.4) is 0 Å². The number of allylic oxidation sites excluding steroid dienone is 1. The molecule has 0 fully saturated rings. The first-order valence-corrected chi connectivity index (χ1v) is 4.43. The molecule has 0 amide bonds. The third-order valence-electron chi connectivity index (χ3n) is 1.72. The molecule has 6 heteroatoms. The van der Waals surface area contributed by atoms with E-state index in [-0.39, 0.29) is 5.56 Å². The van der Waals surface area contributed by atoms with E-state index in [0.717, 1.165) is 24.3 Å². The van der Waals surface area contributed by atoms with E-state index in [1.54, 1.807) is 0 Å². The Morgan fingerprint density at radius 3 is 2.38 bits per heavy atom. The molecule has 0 aromatic heterocycles. The van der Waals surface area contributed by atoms with Gasteiger partial charge < -0.3 is 0 Å². The zero-order chi connectivity index (χ0) is 12.3. The molecule has 1 nitrogen and oxygen atoms in total. The van der Waals surface area contributed by atoms with Gasteiger partial charge in [0.25, 0.3) is 0 Å². The van der Waals surface area contributed by atoms with E-state index in [9.17, 15) is 22.4 Å². The second kappa shape index (κ2) is 4.65. The van der Waals surface area contributed by atoms with Gasteiger partial charge in [-0.1, -0.05) is 6.07 Å². The molecule has 1 rings (SSSR count). The molecular formula is C10H5ClF4O. The molecule has 0 spiro atoms. The minimum absolute atomic E-state index is 0.137. The van der Waals surface area contributed by atoms with Crippen molar-refractivity contribution in [2.45, 2.75) is 6.18 Å². The van der Waals surface area contributed by atoms with Crippen LogP contribution in [-0.2, 0) is 11.0 Å². The number of carbonyl (C=O) groups is 1. The normalized spacial score (nSPS) is 12.1. The molecule has 0 atom stereocenters. The Morgan fingerprint density at radius 1 is 1.31 bits per heavy atom. The van der Waals surface area contributed by atoms with Gasteiger partial charge in [0.2, 0.25) is 5.24 Å².